The van der Waals surface area contributed by atoms with Gasteiger partial charge in [0.1, 0.15) is 0 Å². The van der Waals surface area contributed by atoms with Crippen molar-refractivity contribution >= 4 is 23.6 Å². The lowest BCUT2D eigenvalue weighted by Gasteiger charge is -2.34. The van der Waals surface area contributed by atoms with Gasteiger partial charge in [0.15, 0.2) is 5.78 Å². The van der Waals surface area contributed by atoms with Gasteiger partial charge in [-0.2, -0.15) is 0 Å². The smallest absolute Gasteiger partial charge is 0.339 e. The minimum atomic E-state index is -0.569. The summed E-state index contributed by atoms with van der Waals surface area (Å²) in [6, 6.07) is 0.346. The van der Waals surface area contributed by atoms with Gasteiger partial charge in [0.25, 0.3) is 0 Å². The van der Waals surface area contributed by atoms with Gasteiger partial charge < -0.3 is 19.9 Å². The summed E-state index contributed by atoms with van der Waals surface area (Å²) < 4.78 is 4.82. The van der Waals surface area contributed by atoms with Crippen LogP contribution >= 0.6 is 0 Å². The number of rotatable bonds is 7. The number of hydrogen-bond acceptors (Lipinski definition) is 6. The number of aromatic amines is 1. The third kappa shape index (κ3) is 5.03. The normalized spacial score (nSPS) is 17.1. The summed E-state index contributed by atoms with van der Waals surface area (Å²) in [5, 5.41) is 2.97. The van der Waals surface area contributed by atoms with Crippen molar-refractivity contribution in [2.45, 2.75) is 39.2 Å². The largest absolute Gasteiger partial charge is 0.465 e. The number of methoxy groups -OCH3 is 1. The fourth-order valence-corrected chi connectivity index (χ4v) is 3.64. The van der Waals surface area contributed by atoms with Crippen LogP contribution in [0.1, 0.15) is 51.9 Å². The number of carbonyl (C=O) groups excluding carboxylic acids is 4. The van der Waals surface area contributed by atoms with Crippen LogP contribution in [0.15, 0.2) is 0 Å². The van der Waals surface area contributed by atoms with Crippen molar-refractivity contribution in [2.24, 2.45) is 0 Å². The molecule has 0 spiro atoms. The molecule has 2 heterocycles. The van der Waals surface area contributed by atoms with Gasteiger partial charge in [-0.15, -0.1) is 0 Å². The van der Waals surface area contributed by atoms with E-state index in [9.17, 15) is 19.2 Å². The highest BCUT2D eigenvalue weighted by atomic mass is 16.5. The van der Waals surface area contributed by atoms with Crippen molar-refractivity contribution in [1.29, 1.82) is 0 Å². The highest BCUT2D eigenvalue weighted by Crippen LogP contribution is 2.21. The van der Waals surface area contributed by atoms with Crippen LogP contribution in [0.2, 0.25) is 0 Å². The molecule has 0 atom stereocenters. The summed E-state index contributed by atoms with van der Waals surface area (Å²) in [4.78, 5) is 55.4. The van der Waals surface area contributed by atoms with E-state index in [0.29, 0.717) is 55.7 Å². The molecule has 0 radical (unpaired) electrons. The Morgan fingerprint density at radius 3 is 2.34 bits per heavy atom. The quantitative estimate of drug-likeness (QED) is 0.499. The lowest BCUT2D eigenvalue weighted by Crippen LogP contribution is -2.51. The first kappa shape index (κ1) is 21.0. The third-order valence-corrected chi connectivity index (χ3v) is 5.43. The van der Waals surface area contributed by atoms with Gasteiger partial charge in [0.05, 0.1) is 31.3 Å². The van der Waals surface area contributed by atoms with Crippen LogP contribution in [0.4, 0.5) is 0 Å². The molecule has 0 aromatic carbocycles. The summed E-state index contributed by atoms with van der Waals surface area (Å²) in [6.07, 6.45) is 2.11. The van der Waals surface area contributed by atoms with E-state index in [1.165, 1.54) is 14.0 Å². The van der Waals surface area contributed by atoms with Gasteiger partial charge >= 0.3 is 5.97 Å². The lowest BCUT2D eigenvalue weighted by atomic mass is 10.1. The highest BCUT2D eigenvalue weighted by molar-refractivity contribution is 6.01. The maximum Gasteiger partial charge on any atom is 0.339 e. The van der Waals surface area contributed by atoms with Crippen molar-refractivity contribution in [1.82, 2.24) is 20.1 Å². The number of ether oxygens (including phenoxy) is 1. The molecule has 3 rings (SSSR count). The monoisotopic (exact) mass is 404 g/mol. The predicted molar refractivity (Wildman–Crippen MR) is 105 cm³/mol. The number of esters is 1. The number of aromatic nitrogens is 1. The molecule has 29 heavy (non-hydrogen) atoms. The number of amides is 2. The molecule has 1 aliphatic carbocycles. The number of nitrogens with one attached hydrogen (secondary N) is 2. The molecule has 1 aromatic heterocycles. The van der Waals surface area contributed by atoms with E-state index in [4.69, 9.17) is 4.74 Å². The molecular weight excluding hydrogens is 376 g/mol. The zero-order valence-electron chi connectivity index (χ0n) is 17.2. The predicted octanol–water partition coefficient (Wildman–Crippen LogP) is 0.278. The second kappa shape index (κ2) is 8.77. The first-order valence-corrected chi connectivity index (χ1v) is 9.90. The molecule has 2 N–H and O–H groups in total. The van der Waals surface area contributed by atoms with E-state index in [-0.39, 0.29) is 29.6 Å². The molecule has 1 saturated heterocycles. The maximum absolute atomic E-state index is 12.8. The number of ketones is 1. The van der Waals surface area contributed by atoms with Crippen molar-refractivity contribution in [2.75, 3.05) is 39.8 Å². The molecule has 0 bridgehead atoms. The van der Waals surface area contributed by atoms with Crippen LogP contribution < -0.4 is 5.32 Å². The fourth-order valence-electron chi connectivity index (χ4n) is 3.64. The van der Waals surface area contributed by atoms with Gasteiger partial charge in [0, 0.05) is 44.8 Å². The SMILES string of the molecule is COC(=O)c1c(CC(=O)N2CCN(CC(=O)NC3CC3)CC2)[nH]c(C(C)=O)c1C. The minimum Gasteiger partial charge on any atom is -0.465 e. The lowest BCUT2D eigenvalue weighted by molar-refractivity contribution is -0.132. The minimum absolute atomic E-state index is 0.0132. The van der Waals surface area contributed by atoms with Crippen molar-refractivity contribution in [3.63, 3.8) is 0 Å². The Hall–Kier alpha value is -2.68. The van der Waals surface area contributed by atoms with E-state index < -0.39 is 5.97 Å². The standard InChI is InChI=1S/C20H28N4O5/c1-12-18(20(28)29-3)15(22-19(12)13(2)25)10-17(27)24-8-6-23(7-9-24)11-16(26)21-14-4-5-14/h14,22H,4-11H2,1-3H3,(H,21,26). The molecule has 1 aliphatic heterocycles. The van der Waals surface area contributed by atoms with Gasteiger partial charge in [-0.3, -0.25) is 19.3 Å². The van der Waals surface area contributed by atoms with Gasteiger partial charge in [-0.25, -0.2) is 4.79 Å². The Kier molecular flexibility index (Phi) is 6.36. The van der Waals surface area contributed by atoms with E-state index in [1.807, 2.05) is 4.90 Å². The van der Waals surface area contributed by atoms with E-state index >= 15 is 0 Å². The zero-order chi connectivity index (χ0) is 21.1. The summed E-state index contributed by atoms with van der Waals surface area (Å²) in [5.74, 6) is -0.868. The second-order valence-electron chi connectivity index (χ2n) is 7.70. The summed E-state index contributed by atoms with van der Waals surface area (Å²) >= 11 is 0. The fraction of sp³-hybridized carbons (Fsp3) is 0.600. The first-order valence-electron chi connectivity index (χ1n) is 9.90. The average molecular weight is 404 g/mol. The number of H-pyrrole nitrogens is 1. The topological polar surface area (TPSA) is 112 Å². The summed E-state index contributed by atoms with van der Waals surface area (Å²) in [6.45, 7) is 5.70. The maximum atomic E-state index is 12.8. The van der Waals surface area contributed by atoms with Crippen LogP contribution in [-0.2, 0) is 20.7 Å². The van der Waals surface area contributed by atoms with Gasteiger partial charge in [-0.05, 0) is 25.3 Å². The number of hydrogen-bond donors (Lipinski definition) is 2. The average Bonchev–Trinajstić information content (AvgIpc) is 3.43. The molecular formula is C20H28N4O5. The van der Waals surface area contributed by atoms with Crippen LogP contribution in [-0.4, -0.2) is 84.2 Å². The van der Waals surface area contributed by atoms with Crippen LogP contribution in [0.3, 0.4) is 0 Å². The highest BCUT2D eigenvalue weighted by Gasteiger charge is 2.28. The zero-order valence-corrected chi connectivity index (χ0v) is 17.2. The summed E-state index contributed by atoms with van der Waals surface area (Å²) in [5.41, 5.74) is 1.47. The van der Waals surface area contributed by atoms with Crippen molar-refractivity contribution in [3.05, 3.63) is 22.5 Å². The third-order valence-electron chi connectivity index (χ3n) is 5.43. The Morgan fingerprint density at radius 2 is 1.79 bits per heavy atom. The second-order valence-corrected chi connectivity index (χ2v) is 7.70. The van der Waals surface area contributed by atoms with Crippen molar-refractivity contribution in [3.8, 4) is 0 Å². The van der Waals surface area contributed by atoms with Crippen LogP contribution in [0, 0.1) is 6.92 Å². The molecule has 2 fully saturated rings. The van der Waals surface area contributed by atoms with E-state index in [1.54, 1.807) is 11.8 Å². The van der Waals surface area contributed by atoms with Crippen molar-refractivity contribution < 1.29 is 23.9 Å². The summed E-state index contributed by atoms with van der Waals surface area (Å²) in [7, 11) is 1.27. The van der Waals surface area contributed by atoms with Crippen LogP contribution in [0.5, 0.6) is 0 Å². The van der Waals surface area contributed by atoms with Gasteiger partial charge in [0.2, 0.25) is 11.8 Å². The number of carbonyl (C=O) groups is 4. The number of Topliss-reactive ketones (excluding diaryl/α,β-unsaturated/α-hetero) is 1. The van der Waals surface area contributed by atoms with E-state index in [0.717, 1.165) is 12.8 Å². The Morgan fingerprint density at radius 1 is 1.14 bits per heavy atom. The van der Waals surface area contributed by atoms with Gasteiger partial charge in [-0.1, -0.05) is 0 Å². The number of nitrogens with zero attached hydrogens (tertiary/aromatic N) is 2. The molecule has 9 heteroatoms. The number of piperazine rings is 1. The molecule has 1 aromatic rings. The first-order chi connectivity index (χ1) is 13.8. The van der Waals surface area contributed by atoms with E-state index in [2.05, 4.69) is 10.3 Å². The molecule has 9 nitrogen and oxygen atoms in total. The Balaban J connectivity index is 1.59. The Bertz CT molecular complexity index is 819. The Labute approximate surface area is 169 Å². The molecule has 158 valence electrons. The molecule has 2 aliphatic rings. The van der Waals surface area contributed by atoms with Crippen LogP contribution in [0.25, 0.3) is 0 Å². The molecule has 0 unspecified atom stereocenters. The molecule has 1 saturated carbocycles. The molecule has 2 amide bonds.